The van der Waals surface area contributed by atoms with Crippen molar-refractivity contribution in [2.75, 3.05) is 21.1 Å². The molecule has 7 heteroatoms. The summed E-state index contributed by atoms with van der Waals surface area (Å²) in [5.41, 5.74) is 11.4. The van der Waals surface area contributed by atoms with Gasteiger partial charge in [-0.15, -0.1) is 0 Å². The van der Waals surface area contributed by atoms with Crippen molar-refractivity contribution >= 4 is 5.84 Å². The first kappa shape index (κ1) is 15.4. The predicted molar refractivity (Wildman–Crippen MR) is 72.6 cm³/mol. The molecule has 0 rings (SSSR count). The number of rotatable bonds is 7. The molecular weight excluding hydrogens is 230 g/mol. The van der Waals surface area contributed by atoms with E-state index < -0.39 is 0 Å². The molecule has 98 valence electrons. The number of hydrazone groups is 1. The Morgan fingerprint density at radius 1 is 1.50 bits per heavy atom. The topological polar surface area (TPSA) is 102 Å². The first-order chi connectivity index (χ1) is 8.60. The quantitative estimate of drug-likeness (QED) is 0.160. The normalized spacial score (nSPS) is 12.4. The highest BCUT2D eigenvalue weighted by atomic mass is 15.5. The lowest BCUT2D eigenvalue weighted by molar-refractivity contribution is 0.358. The highest BCUT2D eigenvalue weighted by Crippen LogP contribution is 1.98. The standard InChI is InChI=1S/C11H19N7/c1-5-6-7-18(4)17-11(14-2)9(8-12)10(13)16-15-3/h5-7,14-15,17H,1H2,2-4H3,(H2,13,16)/b7-6-,11-9?. The number of nitrogens with zero attached hydrogens (tertiary/aromatic N) is 3. The van der Waals surface area contributed by atoms with Crippen LogP contribution < -0.4 is 21.9 Å². The van der Waals surface area contributed by atoms with E-state index in [1.807, 2.05) is 6.07 Å². The fraction of sp³-hybridized carbons (Fsp3) is 0.273. The Balaban J connectivity index is 5.12. The van der Waals surface area contributed by atoms with E-state index in [4.69, 9.17) is 11.0 Å². The maximum atomic E-state index is 9.08. The predicted octanol–water partition coefficient (Wildman–Crippen LogP) is -0.431. The zero-order valence-electron chi connectivity index (χ0n) is 10.9. The summed E-state index contributed by atoms with van der Waals surface area (Å²) < 4.78 is 0. The van der Waals surface area contributed by atoms with Crippen molar-refractivity contribution in [1.82, 2.24) is 21.2 Å². The molecule has 0 aromatic heterocycles. The molecule has 0 aliphatic carbocycles. The van der Waals surface area contributed by atoms with Crippen LogP contribution in [0.4, 0.5) is 0 Å². The molecule has 0 bridgehead atoms. The van der Waals surface area contributed by atoms with Crippen LogP contribution in [0.5, 0.6) is 0 Å². The lowest BCUT2D eigenvalue weighted by atomic mass is 10.2. The maximum absolute atomic E-state index is 9.08. The average molecular weight is 249 g/mol. The highest BCUT2D eigenvalue weighted by molar-refractivity contribution is 6.00. The molecule has 5 N–H and O–H groups in total. The van der Waals surface area contributed by atoms with E-state index >= 15 is 0 Å². The number of nitrogens with one attached hydrogen (secondary N) is 3. The second-order valence-electron chi connectivity index (χ2n) is 3.13. The monoisotopic (exact) mass is 249 g/mol. The molecule has 0 aliphatic heterocycles. The van der Waals surface area contributed by atoms with Gasteiger partial charge in [0.2, 0.25) is 0 Å². The molecule has 0 aromatic rings. The maximum Gasteiger partial charge on any atom is 0.164 e. The van der Waals surface area contributed by atoms with E-state index in [1.165, 1.54) is 0 Å². The van der Waals surface area contributed by atoms with Gasteiger partial charge in [0.15, 0.2) is 5.84 Å². The Hall–Kier alpha value is -2.62. The summed E-state index contributed by atoms with van der Waals surface area (Å²) in [6.07, 6.45) is 5.13. The Morgan fingerprint density at radius 2 is 2.17 bits per heavy atom. The molecular formula is C11H19N7. The molecule has 7 nitrogen and oxygen atoms in total. The molecule has 0 amide bonds. The van der Waals surface area contributed by atoms with Gasteiger partial charge < -0.3 is 16.5 Å². The van der Waals surface area contributed by atoms with Crippen LogP contribution in [-0.4, -0.2) is 32.0 Å². The number of hydrazine groups is 1. The Morgan fingerprint density at radius 3 is 2.61 bits per heavy atom. The summed E-state index contributed by atoms with van der Waals surface area (Å²) >= 11 is 0. The van der Waals surface area contributed by atoms with Crippen molar-refractivity contribution < 1.29 is 0 Å². The van der Waals surface area contributed by atoms with Gasteiger partial charge in [-0.25, -0.2) is 0 Å². The smallest absolute Gasteiger partial charge is 0.164 e. The van der Waals surface area contributed by atoms with Gasteiger partial charge in [-0.1, -0.05) is 12.7 Å². The van der Waals surface area contributed by atoms with Gasteiger partial charge in [0.1, 0.15) is 17.5 Å². The minimum atomic E-state index is 0.0953. The second kappa shape index (κ2) is 8.52. The zero-order chi connectivity index (χ0) is 14.0. The third kappa shape index (κ3) is 4.94. The lowest BCUT2D eigenvalue weighted by Crippen LogP contribution is -2.37. The third-order valence-electron chi connectivity index (χ3n) is 1.83. The molecule has 18 heavy (non-hydrogen) atoms. The summed E-state index contributed by atoms with van der Waals surface area (Å²) in [5, 5.41) is 17.4. The van der Waals surface area contributed by atoms with Crippen LogP contribution in [0.1, 0.15) is 0 Å². The first-order valence-electron chi connectivity index (χ1n) is 5.21. The number of nitriles is 1. The highest BCUT2D eigenvalue weighted by Gasteiger charge is 2.10. The number of amidine groups is 1. The van der Waals surface area contributed by atoms with Gasteiger partial charge >= 0.3 is 0 Å². The zero-order valence-corrected chi connectivity index (χ0v) is 10.9. The van der Waals surface area contributed by atoms with Crippen LogP contribution in [0.25, 0.3) is 0 Å². The van der Waals surface area contributed by atoms with Crippen molar-refractivity contribution in [1.29, 1.82) is 5.26 Å². The van der Waals surface area contributed by atoms with Crippen molar-refractivity contribution in [3.63, 3.8) is 0 Å². The van der Waals surface area contributed by atoms with Crippen LogP contribution >= 0.6 is 0 Å². The SMILES string of the molecule is C=C/C=C\N(C)NC(NC)=C(C#N)C(N)=NNC. The molecule has 0 saturated heterocycles. The van der Waals surface area contributed by atoms with Gasteiger partial charge in [-0.05, 0) is 6.08 Å². The molecule has 0 atom stereocenters. The van der Waals surface area contributed by atoms with Crippen LogP contribution in [0.15, 0.2) is 41.4 Å². The van der Waals surface area contributed by atoms with Crippen LogP contribution in [-0.2, 0) is 0 Å². The van der Waals surface area contributed by atoms with Crippen LogP contribution in [0.3, 0.4) is 0 Å². The van der Waals surface area contributed by atoms with E-state index in [0.29, 0.717) is 5.82 Å². The molecule has 0 saturated carbocycles. The van der Waals surface area contributed by atoms with Crippen molar-refractivity contribution in [3.8, 4) is 6.07 Å². The minimum absolute atomic E-state index is 0.0953. The molecule has 0 heterocycles. The molecule has 0 spiro atoms. The van der Waals surface area contributed by atoms with Gasteiger partial charge in [0.05, 0.1) is 0 Å². The van der Waals surface area contributed by atoms with E-state index in [1.54, 1.807) is 44.5 Å². The first-order valence-corrected chi connectivity index (χ1v) is 5.21. The van der Waals surface area contributed by atoms with E-state index in [2.05, 4.69) is 27.8 Å². The average Bonchev–Trinajstić information content (AvgIpc) is 2.36. The van der Waals surface area contributed by atoms with Crippen molar-refractivity contribution in [3.05, 3.63) is 36.3 Å². The summed E-state index contributed by atoms with van der Waals surface area (Å²) in [6.45, 7) is 3.57. The molecule has 0 aromatic carbocycles. The van der Waals surface area contributed by atoms with Gasteiger partial charge in [-0.3, -0.25) is 10.4 Å². The van der Waals surface area contributed by atoms with Crippen LogP contribution in [0.2, 0.25) is 0 Å². The number of nitrogens with two attached hydrogens (primary N) is 1. The fourth-order valence-corrected chi connectivity index (χ4v) is 1.06. The van der Waals surface area contributed by atoms with E-state index in [-0.39, 0.29) is 11.4 Å². The Labute approximate surface area is 107 Å². The van der Waals surface area contributed by atoms with Crippen molar-refractivity contribution in [2.24, 2.45) is 10.8 Å². The summed E-state index contributed by atoms with van der Waals surface area (Å²) in [4.78, 5) is 0. The van der Waals surface area contributed by atoms with Gasteiger partial charge in [-0.2, -0.15) is 10.4 Å². The number of hydrogen-bond donors (Lipinski definition) is 4. The van der Waals surface area contributed by atoms with Gasteiger partial charge in [0, 0.05) is 27.3 Å². The Kier molecular flexibility index (Phi) is 7.28. The minimum Gasteiger partial charge on any atom is -0.381 e. The van der Waals surface area contributed by atoms with Crippen molar-refractivity contribution in [2.45, 2.75) is 0 Å². The number of hydrogen-bond acceptors (Lipinski definition) is 6. The van der Waals surface area contributed by atoms with Gasteiger partial charge in [0.25, 0.3) is 0 Å². The Bertz CT molecular complexity index is 400. The largest absolute Gasteiger partial charge is 0.381 e. The molecule has 0 aliphatic rings. The fourth-order valence-electron chi connectivity index (χ4n) is 1.06. The van der Waals surface area contributed by atoms with E-state index in [0.717, 1.165) is 0 Å². The molecule has 0 radical (unpaired) electrons. The third-order valence-corrected chi connectivity index (χ3v) is 1.83. The summed E-state index contributed by atoms with van der Waals surface area (Å²) in [5.74, 6) is 0.545. The molecule has 0 fully saturated rings. The lowest BCUT2D eigenvalue weighted by Gasteiger charge is -2.20. The second-order valence-corrected chi connectivity index (χ2v) is 3.13. The van der Waals surface area contributed by atoms with Crippen LogP contribution in [0, 0.1) is 11.3 Å². The summed E-state index contributed by atoms with van der Waals surface area (Å²) in [7, 11) is 5.06. The van der Waals surface area contributed by atoms with E-state index in [9.17, 15) is 0 Å². The summed E-state index contributed by atoms with van der Waals surface area (Å²) in [6, 6.07) is 1.99. The number of allylic oxidation sites excluding steroid dienone is 2. The molecule has 0 unspecified atom stereocenters.